The lowest BCUT2D eigenvalue weighted by molar-refractivity contribution is 0.0641. The second-order valence-corrected chi connectivity index (χ2v) is 6.19. The third-order valence-electron chi connectivity index (χ3n) is 3.78. The van der Waals surface area contributed by atoms with Crippen LogP contribution in [-0.4, -0.2) is 23.4 Å². The molecule has 0 saturated carbocycles. The lowest BCUT2D eigenvalue weighted by atomic mass is 10.0. The molecule has 0 radical (unpaired) electrons. The summed E-state index contributed by atoms with van der Waals surface area (Å²) in [5.74, 6) is -0.202. The molecule has 2 aromatic rings. The van der Waals surface area contributed by atoms with Crippen molar-refractivity contribution in [2.24, 2.45) is 0 Å². The van der Waals surface area contributed by atoms with Crippen molar-refractivity contribution in [2.75, 3.05) is 6.54 Å². The smallest absolute Gasteiger partial charge is 0.264 e. The number of nitrogens with zero attached hydrogens (tertiary/aromatic N) is 1. The van der Waals surface area contributed by atoms with Crippen molar-refractivity contribution < 1.29 is 9.18 Å². The van der Waals surface area contributed by atoms with Crippen molar-refractivity contribution in [1.29, 1.82) is 0 Å². The summed E-state index contributed by atoms with van der Waals surface area (Å²) in [6.45, 7) is 2.90. The normalized spacial score (nSPS) is 19.9. The number of hydrogen-bond acceptors (Lipinski definition) is 2. The number of carbonyl (C=O) groups excluding carboxylic acids is 1. The number of likely N-dealkylation sites (tertiary alicyclic amines) is 1. The van der Waals surface area contributed by atoms with Crippen LogP contribution in [0.1, 0.15) is 35.9 Å². The first kappa shape index (κ1) is 12.6. The highest BCUT2D eigenvalue weighted by molar-refractivity contribution is 7.20. The average molecular weight is 277 g/mol. The molecule has 1 amide bonds. The number of thiophene rings is 1. The molecule has 4 heteroatoms. The Bertz CT molecular complexity index is 622. The van der Waals surface area contributed by atoms with Crippen LogP contribution >= 0.6 is 11.3 Å². The number of rotatable bonds is 1. The molecule has 0 unspecified atom stereocenters. The van der Waals surface area contributed by atoms with Crippen LogP contribution in [0.4, 0.5) is 4.39 Å². The number of amides is 1. The first-order chi connectivity index (χ1) is 9.16. The van der Waals surface area contributed by atoms with E-state index in [0.29, 0.717) is 10.3 Å². The predicted molar refractivity (Wildman–Crippen MR) is 76.1 cm³/mol. The lowest BCUT2D eigenvalue weighted by Crippen LogP contribution is -2.41. The van der Waals surface area contributed by atoms with Gasteiger partial charge in [-0.25, -0.2) is 4.39 Å². The van der Waals surface area contributed by atoms with Gasteiger partial charge in [-0.05, 0) is 44.4 Å². The molecule has 1 aromatic carbocycles. The summed E-state index contributed by atoms with van der Waals surface area (Å²) >= 11 is 1.38. The molecule has 3 rings (SSSR count). The van der Waals surface area contributed by atoms with Gasteiger partial charge in [-0.15, -0.1) is 11.3 Å². The van der Waals surface area contributed by atoms with Crippen molar-refractivity contribution in [3.05, 3.63) is 35.0 Å². The second kappa shape index (κ2) is 4.93. The van der Waals surface area contributed by atoms with E-state index in [4.69, 9.17) is 0 Å². The minimum atomic E-state index is -0.250. The predicted octanol–water partition coefficient (Wildman–Crippen LogP) is 4.06. The quantitative estimate of drug-likeness (QED) is 0.770. The number of benzene rings is 1. The standard InChI is InChI=1S/C15H16FNOS/c1-10-5-2-3-8-17(10)15(18)14-9-11-12(16)6-4-7-13(11)19-14/h4,6-7,9-10H,2-3,5,8H2,1H3/t10-/m0/s1. The zero-order valence-corrected chi connectivity index (χ0v) is 11.7. The van der Waals surface area contributed by atoms with Crippen molar-refractivity contribution in [3.8, 4) is 0 Å². The Kier molecular flexibility index (Phi) is 3.27. The summed E-state index contributed by atoms with van der Waals surface area (Å²) in [6, 6.07) is 6.97. The average Bonchev–Trinajstić information content (AvgIpc) is 2.84. The number of piperidine rings is 1. The molecule has 1 aliphatic rings. The van der Waals surface area contributed by atoms with Crippen LogP contribution in [0.5, 0.6) is 0 Å². The van der Waals surface area contributed by atoms with E-state index in [0.717, 1.165) is 24.1 Å². The zero-order chi connectivity index (χ0) is 13.4. The fourth-order valence-corrected chi connectivity index (χ4v) is 3.70. The maximum atomic E-state index is 13.7. The number of halogens is 1. The van der Waals surface area contributed by atoms with Gasteiger partial charge in [0.2, 0.25) is 0 Å². The summed E-state index contributed by atoms with van der Waals surface area (Å²) in [4.78, 5) is 15.1. The largest absolute Gasteiger partial charge is 0.335 e. The van der Waals surface area contributed by atoms with E-state index in [-0.39, 0.29) is 17.8 Å². The van der Waals surface area contributed by atoms with E-state index >= 15 is 0 Å². The maximum absolute atomic E-state index is 13.7. The summed E-state index contributed by atoms with van der Waals surface area (Å²) in [5.41, 5.74) is 0. The topological polar surface area (TPSA) is 20.3 Å². The summed E-state index contributed by atoms with van der Waals surface area (Å²) in [6.07, 6.45) is 3.31. The molecule has 1 atom stereocenters. The first-order valence-corrected chi connectivity index (χ1v) is 7.47. The van der Waals surface area contributed by atoms with E-state index in [9.17, 15) is 9.18 Å². The zero-order valence-electron chi connectivity index (χ0n) is 10.9. The van der Waals surface area contributed by atoms with Gasteiger partial charge in [0.1, 0.15) is 5.82 Å². The van der Waals surface area contributed by atoms with Crippen molar-refractivity contribution in [3.63, 3.8) is 0 Å². The molecule has 2 heterocycles. The molecule has 0 N–H and O–H groups in total. The van der Waals surface area contributed by atoms with E-state index in [2.05, 4.69) is 6.92 Å². The van der Waals surface area contributed by atoms with Crippen molar-refractivity contribution in [2.45, 2.75) is 32.2 Å². The molecular weight excluding hydrogens is 261 g/mol. The lowest BCUT2D eigenvalue weighted by Gasteiger charge is -2.33. The van der Waals surface area contributed by atoms with Gasteiger partial charge >= 0.3 is 0 Å². The van der Waals surface area contributed by atoms with Crippen LogP contribution < -0.4 is 0 Å². The van der Waals surface area contributed by atoms with Crippen molar-refractivity contribution in [1.82, 2.24) is 4.90 Å². The van der Waals surface area contributed by atoms with Gasteiger partial charge in [-0.3, -0.25) is 4.79 Å². The third kappa shape index (κ3) is 2.25. The molecule has 100 valence electrons. The van der Waals surface area contributed by atoms with Gasteiger partial charge in [0, 0.05) is 22.7 Å². The van der Waals surface area contributed by atoms with Gasteiger partial charge in [0.15, 0.2) is 0 Å². The fraction of sp³-hybridized carbons (Fsp3) is 0.400. The minimum absolute atomic E-state index is 0.0489. The Labute approximate surface area is 115 Å². The Hall–Kier alpha value is -1.42. The molecule has 19 heavy (non-hydrogen) atoms. The summed E-state index contributed by atoms with van der Waals surface area (Å²) in [5, 5.41) is 0.556. The summed E-state index contributed by atoms with van der Waals surface area (Å²) < 4.78 is 14.5. The van der Waals surface area contributed by atoms with Gasteiger partial charge in [-0.1, -0.05) is 6.07 Å². The molecule has 2 nitrogen and oxygen atoms in total. The molecule has 0 bridgehead atoms. The highest BCUT2D eigenvalue weighted by Crippen LogP contribution is 2.30. The SMILES string of the molecule is C[C@H]1CCCCN1C(=O)c1cc2c(F)cccc2s1. The Balaban J connectivity index is 1.95. The highest BCUT2D eigenvalue weighted by atomic mass is 32.1. The van der Waals surface area contributed by atoms with Gasteiger partial charge < -0.3 is 4.90 Å². The van der Waals surface area contributed by atoms with Crippen LogP contribution in [0.15, 0.2) is 24.3 Å². The van der Waals surface area contributed by atoms with Crippen LogP contribution in [-0.2, 0) is 0 Å². The number of fused-ring (bicyclic) bond motifs is 1. The van der Waals surface area contributed by atoms with Crippen LogP contribution in [0, 0.1) is 5.82 Å². The Morgan fingerprint density at radius 2 is 2.26 bits per heavy atom. The molecule has 1 fully saturated rings. The van der Waals surface area contributed by atoms with Crippen LogP contribution in [0.2, 0.25) is 0 Å². The fourth-order valence-electron chi connectivity index (χ4n) is 2.67. The molecule has 1 aliphatic heterocycles. The summed E-state index contributed by atoms with van der Waals surface area (Å²) in [7, 11) is 0. The molecule has 0 aliphatic carbocycles. The van der Waals surface area contributed by atoms with Crippen LogP contribution in [0.3, 0.4) is 0 Å². The van der Waals surface area contributed by atoms with E-state index < -0.39 is 0 Å². The van der Waals surface area contributed by atoms with Gasteiger partial charge in [0.25, 0.3) is 5.91 Å². The van der Waals surface area contributed by atoms with E-state index in [1.165, 1.54) is 23.8 Å². The van der Waals surface area contributed by atoms with Gasteiger partial charge in [-0.2, -0.15) is 0 Å². The molecule has 1 saturated heterocycles. The Morgan fingerprint density at radius 3 is 3.00 bits per heavy atom. The minimum Gasteiger partial charge on any atom is -0.335 e. The molecular formula is C15H16FNOS. The van der Waals surface area contributed by atoms with Crippen molar-refractivity contribution >= 4 is 27.3 Å². The van der Waals surface area contributed by atoms with Crippen LogP contribution in [0.25, 0.3) is 10.1 Å². The number of carbonyl (C=O) groups is 1. The van der Waals surface area contributed by atoms with E-state index in [1.807, 2.05) is 11.0 Å². The Morgan fingerprint density at radius 1 is 1.42 bits per heavy atom. The molecule has 0 spiro atoms. The first-order valence-electron chi connectivity index (χ1n) is 6.66. The number of hydrogen-bond donors (Lipinski definition) is 0. The van der Waals surface area contributed by atoms with E-state index in [1.54, 1.807) is 12.1 Å². The maximum Gasteiger partial charge on any atom is 0.264 e. The highest BCUT2D eigenvalue weighted by Gasteiger charge is 2.25. The molecule has 1 aromatic heterocycles. The second-order valence-electron chi connectivity index (χ2n) is 5.11. The third-order valence-corrected chi connectivity index (χ3v) is 4.87. The van der Waals surface area contributed by atoms with Gasteiger partial charge in [0.05, 0.1) is 4.88 Å². The monoisotopic (exact) mass is 277 g/mol.